The van der Waals surface area contributed by atoms with E-state index < -0.39 is 5.60 Å². The lowest BCUT2D eigenvalue weighted by Crippen LogP contribution is -2.60. The van der Waals surface area contributed by atoms with E-state index in [9.17, 15) is 14.9 Å². The normalized spacial score (nSPS) is 17.5. The van der Waals surface area contributed by atoms with Crippen LogP contribution in [0, 0.1) is 25.2 Å². The predicted octanol–water partition coefficient (Wildman–Crippen LogP) is 6.22. The van der Waals surface area contributed by atoms with Gasteiger partial charge in [-0.2, -0.15) is 5.26 Å². The number of aromatic nitrogens is 2. The Kier molecular flexibility index (Phi) is 7.93. The summed E-state index contributed by atoms with van der Waals surface area (Å²) in [7, 11) is 0. The highest BCUT2D eigenvalue weighted by molar-refractivity contribution is 7.19. The van der Waals surface area contributed by atoms with E-state index in [-0.39, 0.29) is 24.2 Å². The zero-order valence-electron chi connectivity index (χ0n) is 23.4. The lowest BCUT2D eigenvalue weighted by Gasteiger charge is -2.43. The van der Waals surface area contributed by atoms with Crippen molar-refractivity contribution in [1.82, 2.24) is 19.8 Å². The highest BCUT2D eigenvalue weighted by Gasteiger charge is 2.36. The minimum Gasteiger partial charge on any atom is -0.444 e. The molecule has 3 amide bonds. The van der Waals surface area contributed by atoms with Crippen LogP contribution in [0.5, 0.6) is 0 Å². The van der Waals surface area contributed by atoms with Crippen molar-refractivity contribution in [3.63, 3.8) is 0 Å². The molecule has 4 rings (SSSR count). The van der Waals surface area contributed by atoms with Crippen molar-refractivity contribution in [2.24, 2.45) is 0 Å². The van der Waals surface area contributed by atoms with Crippen LogP contribution in [0.1, 0.15) is 51.6 Å². The predicted molar refractivity (Wildman–Crippen MR) is 153 cm³/mol. The number of carbonyl (C=O) groups is 2. The van der Waals surface area contributed by atoms with Gasteiger partial charge in [-0.3, -0.25) is 10.3 Å². The fourth-order valence-electron chi connectivity index (χ4n) is 4.61. The maximum Gasteiger partial charge on any atom is 0.410 e. The van der Waals surface area contributed by atoms with Crippen molar-refractivity contribution in [3.8, 4) is 27.8 Å². The molecule has 2 atom stereocenters. The quantitative estimate of drug-likeness (QED) is 0.417. The van der Waals surface area contributed by atoms with Crippen LogP contribution in [0.4, 0.5) is 14.7 Å². The van der Waals surface area contributed by atoms with Gasteiger partial charge in [-0.15, -0.1) is 0 Å². The largest absolute Gasteiger partial charge is 0.444 e. The smallest absolute Gasteiger partial charge is 0.410 e. The summed E-state index contributed by atoms with van der Waals surface area (Å²) >= 11 is 1.38. The Labute approximate surface area is 233 Å². The van der Waals surface area contributed by atoms with Crippen LogP contribution >= 0.6 is 11.3 Å². The molecule has 2 aromatic heterocycles. The van der Waals surface area contributed by atoms with E-state index in [1.54, 1.807) is 21.9 Å². The number of thiazole rings is 1. The third-order valence-corrected chi connectivity index (χ3v) is 7.34. The standard InChI is InChI=1S/C29H34N6O3S/c1-17-11-23(12-18(2)31-17)25-24(22-10-8-9-21(13-22)14-30)32-26(39-25)33-27(36)34-15-20(4)35(16-19(34)3)28(37)38-29(5,6)7/h8-13,19-20H,15-16H2,1-7H3,(H,32,33,36)/t19-,20+/m1/s1. The lowest BCUT2D eigenvalue weighted by molar-refractivity contribution is -0.00241. The molecule has 204 valence electrons. The maximum absolute atomic E-state index is 13.4. The van der Waals surface area contributed by atoms with Gasteiger partial charge in [0.2, 0.25) is 0 Å². The van der Waals surface area contributed by atoms with Gasteiger partial charge in [-0.25, -0.2) is 14.6 Å². The number of hydrogen-bond donors (Lipinski definition) is 1. The molecule has 3 aromatic rings. The molecule has 1 fully saturated rings. The van der Waals surface area contributed by atoms with Crippen LogP contribution < -0.4 is 5.32 Å². The molecule has 1 saturated heterocycles. The van der Waals surface area contributed by atoms with Gasteiger partial charge in [0.15, 0.2) is 5.13 Å². The van der Waals surface area contributed by atoms with Crippen molar-refractivity contribution in [2.75, 3.05) is 18.4 Å². The van der Waals surface area contributed by atoms with Crippen LogP contribution in [0.15, 0.2) is 36.4 Å². The summed E-state index contributed by atoms with van der Waals surface area (Å²) in [5.41, 5.74) is 4.13. The first kappa shape index (κ1) is 28.0. The number of carbonyl (C=O) groups excluding carboxylic acids is 2. The van der Waals surface area contributed by atoms with Crippen LogP contribution in [0.3, 0.4) is 0 Å². The fraction of sp³-hybridized carbons (Fsp3) is 0.414. The fourth-order valence-corrected chi connectivity index (χ4v) is 5.58. The Morgan fingerprint density at radius 3 is 2.31 bits per heavy atom. The van der Waals surface area contributed by atoms with Crippen molar-refractivity contribution >= 4 is 28.6 Å². The number of urea groups is 1. The summed E-state index contributed by atoms with van der Waals surface area (Å²) < 4.78 is 5.56. The summed E-state index contributed by atoms with van der Waals surface area (Å²) in [6.45, 7) is 14.0. The number of hydrogen-bond acceptors (Lipinski definition) is 7. The molecule has 0 saturated carbocycles. The van der Waals surface area contributed by atoms with Gasteiger partial charge in [0.05, 0.1) is 22.2 Å². The van der Waals surface area contributed by atoms with E-state index in [1.807, 2.05) is 72.7 Å². The van der Waals surface area contributed by atoms with Crippen LogP contribution in [-0.2, 0) is 4.74 Å². The number of pyridine rings is 1. The van der Waals surface area contributed by atoms with E-state index in [1.165, 1.54) is 11.3 Å². The van der Waals surface area contributed by atoms with E-state index in [0.29, 0.717) is 29.5 Å². The number of aryl methyl sites for hydroxylation is 2. The molecule has 0 bridgehead atoms. The van der Waals surface area contributed by atoms with Gasteiger partial charge >= 0.3 is 12.1 Å². The summed E-state index contributed by atoms with van der Waals surface area (Å²) in [5, 5.41) is 12.9. The number of anilines is 1. The van der Waals surface area contributed by atoms with E-state index in [0.717, 1.165) is 27.4 Å². The summed E-state index contributed by atoms with van der Waals surface area (Å²) in [6, 6.07) is 12.7. The molecule has 1 N–H and O–H groups in total. The van der Waals surface area contributed by atoms with Crippen LogP contribution in [0.25, 0.3) is 21.7 Å². The molecule has 1 aliphatic heterocycles. The molecule has 0 radical (unpaired) electrons. The van der Waals surface area contributed by atoms with Crippen molar-refractivity contribution in [1.29, 1.82) is 5.26 Å². The number of ether oxygens (including phenoxy) is 1. The minimum absolute atomic E-state index is 0.208. The molecular weight excluding hydrogens is 512 g/mol. The van der Waals surface area contributed by atoms with Crippen LogP contribution in [0.2, 0.25) is 0 Å². The summed E-state index contributed by atoms with van der Waals surface area (Å²) in [4.78, 5) is 39.7. The molecule has 1 aromatic carbocycles. The first-order chi connectivity index (χ1) is 18.3. The Morgan fingerprint density at radius 2 is 1.67 bits per heavy atom. The molecular formula is C29H34N6O3S. The van der Waals surface area contributed by atoms with Gasteiger partial charge in [0.25, 0.3) is 0 Å². The van der Waals surface area contributed by atoms with E-state index in [4.69, 9.17) is 9.72 Å². The minimum atomic E-state index is -0.590. The van der Waals surface area contributed by atoms with Gasteiger partial charge < -0.3 is 14.5 Å². The van der Waals surface area contributed by atoms with Crippen molar-refractivity contribution in [3.05, 3.63) is 53.3 Å². The number of piperazine rings is 1. The first-order valence-corrected chi connectivity index (χ1v) is 13.7. The van der Waals surface area contributed by atoms with E-state index >= 15 is 0 Å². The van der Waals surface area contributed by atoms with Crippen molar-refractivity contribution in [2.45, 2.75) is 66.2 Å². The molecule has 10 heteroatoms. The Bertz CT molecular complexity index is 1420. The Morgan fingerprint density at radius 1 is 1.03 bits per heavy atom. The summed E-state index contributed by atoms with van der Waals surface area (Å²) in [5.74, 6) is 0. The zero-order valence-corrected chi connectivity index (χ0v) is 24.2. The van der Waals surface area contributed by atoms with Gasteiger partial charge in [-0.05, 0) is 78.3 Å². The number of nitriles is 1. The average Bonchev–Trinajstić information content (AvgIpc) is 3.27. The zero-order chi connectivity index (χ0) is 28.5. The highest BCUT2D eigenvalue weighted by atomic mass is 32.1. The van der Waals surface area contributed by atoms with Gasteiger partial charge in [-0.1, -0.05) is 23.5 Å². The number of benzene rings is 1. The molecule has 0 unspecified atom stereocenters. The number of nitrogens with zero attached hydrogens (tertiary/aromatic N) is 5. The third-order valence-electron chi connectivity index (χ3n) is 6.32. The van der Waals surface area contributed by atoms with Crippen LogP contribution in [-0.4, -0.2) is 62.7 Å². The molecule has 0 aliphatic carbocycles. The second-order valence-corrected chi connectivity index (χ2v) is 11.9. The lowest BCUT2D eigenvalue weighted by atomic mass is 10.0. The average molecular weight is 547 g/mol. The molecule has 9 nitrogen and oxygen atoms in total. The molecule has 1 aliphatic rings. The summed E-state index contributed by atoms with van der Waals surface area (Å²) in [6.07, 6.45) is -0.376. The van der Waals surface area contributed by atoms with Gasteiger partial charge in [0, 0.05) is 42.1 Å². The highest BCUT2D eigenvalue weighted by Crippen LogP contribution is 2.40. The molecule has 0 spiro atoms. The monoisotopic (exact) mass is 546 g/mol. The topological polar surface area (TPSA) is 111 Å². The van der Waals surface area contributed by atoms with E-state index in [2.05, 4.69) is 16.4 Å². The SMILES string of the molecule is Cc1cc(-c2sc(NC(=O)N3C[C@H](C)N(C(=O)OC(C)(C)C)C[C@H]3C)nc2-c2cccc(C#N)c2)cc(C)n1. The second kappa shape index (κ2) is 11.0. The first-order valence-electron chi connectivity index (χ1n) is 12.9. The number of nitrogens with one attached hydrogen (secondary N) is 1. The Balaban J connectivity index is 1.60. The number of amides is 3. The van der Waals surface area contributed by atoms with Gasteiger partial charge in [0.1, 0.15) is 5.60 Å². The Hall–Kier alpha value is -3.97. The molecule has 3 heterocycles. The third kappa shape index (κ3) is 6.55. The maximum atomic E-state index is 13.4. The number of rotatable bonds is 3. The second-order valence-electron chi connectivity index (χ2n) is 10.9. The molecule has 39 heavy (non-hydrogen) atoms. The van der Waals surface area contributed by atoms with Crippen molar-refractivity contribution < 1.29 is 14.3 Å².